The molecule has 0 heterocycles. The molecule has 0 aliphatic rings. The Bertz CT molecular complexity index is 70.0. The summed E-state index contributed by atoms with van der Waals surface area (Å²) in [6.07, 6.45) is 1.07. The fourth-order valence-electron chi connectivity index (χ4n) is 0.722. The molecule has 0 aromatic rings. The lowest BCUT2D eigenvalue weighted by Gasteiger charge is -2.13. The SMILES string of the molecule is NCCNC(CN)CCBr. The lowest BCUT2D eigenvalue weighted by molar-refractivity contribution is 0.516. The number of halogens is 1. The first-order valence-electron chi connectivity index (χ1n) is 3.54. The van der Waals surface area contributed by atoms with Crippen molar-refractivity contribution in [2.24, 2.45) is 11.5 Å². The summed E-state index contributed by atoms with van der Waals surface area (Å²) < 4.78 is 0. The van der Waals surface area contributed by atoms with Crippen molar-refractivity contribution in [2.45, 2.75) is 12.5 Å². The first-order chi connectivity index (χ1) is 4.85. The first-order valence-corrected chi connectivity index (χ1v) is 4.66. The van der Waals surface area contributed by atoms with E-state index in [2.05, 4.69) is 21.2 Å². The van der Waals surface area contributed by atoms with E-state index < -0.39 is 0 Å². The zero-order valence-electron chi connectivity index (χ0n) is 6.15. The second-order valence-corrected chi connectivity index (χ2v) is 2.95. The molecule has 0 spiro atoms. The fraction of sp³-hybridized carbons (Fsp3) is 1.00. The third-order valence-corrected chi connectivity index (χ3v) is 1.78. The lowest BCUT2D eigenvalue weighted by atomic mass is 10.2. The van der Waals surface area contributed by atoms with Crippen LogP contribution in [0.1, 0.15) is 6.42 Å². The zero-order chi connectivity index (χ0) is 7.82. The maximum absolute atomic E-state index is 5.48. The number of hydrogen-bond donors (Lipinski definition) is 3. The van der Waals surface area contributed by atoms with Gasteiger partial charge in [0.2, 0.25) is 0 Å². The largest absolute Gasteiger partial charge is 0.329 e. The van der Waals surface area contributed by atoms with Crippen LogP contribution in [0.3, 0.4) is 0 Å². The quantitative estimate of drug-likeness (QED) is 0.525. The molecule has 4 heteroatoms. The van der Waals surface area contributed by atoms with Gasteiger partial charge in [-0.25, -0.2) is 0 Å². The van der Waals surface area contributed by atoms with Crippen LogP contribution in [0, 0.1) is 0 Å². The van der Waals surface area contributed by atoms with E-state index in [1.54, 1.807) is 0 Å². The van der Waals surface area contributed by atoms with Gasteiger partial charge in [-0.15, -0.1) is 0 Å². The van der Waals surface area contributed by atoms with Crippen LogP contribution >= 0.6 is 15.9 Å². The molecule has 0 bridgehead atoms. The Hall–Kier alpha value is 0.360. The predicted octanol–water partition coefficient (Wildman–Crippen LogP) is -0.353. The van der Waals surface area contributed by atoms with E-state index in [0.717, 1.165) is 18.3 Å². The van der Waals surface area contributed by atoms with Gasteiger partial charge in [0, 0.05) is 31.0 Å². The van der Waals surface area contributed by atoms with Crippen LogP contribution in [0.2, 0.25) is 0 Å². The van der Waals surface area contributed by atoms with Gasteiger partial charge in [0.15, 0.2) is 0 Å². The Kier molecular flexibility index (Phi) is 7.74. The second-order valence-electron chi connectivity index (χ2n) is 2.15. The summed E-state index contributed by atoms with van der Waals surface area (Å²) in [7, 11) is 0. The lowest BCUT2D eigenvalue weighted by Crippen LogP contribution is -2.39. The molecule has 62 valence electrons. The molecule has 0 saturated carbocycles. The Labute approximate surface area is 70.7 Å². The summed E-state index contributed by atoms with van der Waals surface area (Å²) in [5.41, 5.74) is 10.8. The molecule has 0 radical (unpaired) electrons. The van der Waals surface area contributed by atoms with Gasteiger partial charge in [0.1, 0.15) is 0 Å². The molecule has 0 aromatic carbocycles. The van der Waals surface area contributed by atoms with Gasteiger partial charge in [0.25, 0.3) is 0 Å². The van der Waals surface area contributed by atoms with Crippen LogP contribution in [0.15, 0.2) is 0 Å². The van der Waals surface area contributed by atoms with E-state index in [9.17, 15) is 0 Å². The first kappa shape index (κ1) is 10.4. The van der Waals surface area contributed by atoms with E-state index in [0.29, 0.717) is 19.1 Å². The Balaban J connectivity index is 3.21. The minimum absolute atomic E-state index is 0.419. The van der Waals surface area contributed by atoms with Gasteiger partial charge >= 0.3 is 0 Å². The van der Waals surface area contributed by atoms with E-state index in [-0.39, 0.29) is 0 Å². The fourth-order valence-corrected chi connectivity index (χ4v) is 1.28. The predicted molar refractivity (Wildman–Crippen MR) is 48.3 cm³/mol. The minimum Gasteiger partial charge on any atom is -0.329 e. The summed E-state index contributed by atoms with van der Waals surface area (Å²) in [5.74, 6) is 0. The van der Waals surface area contributed by atoms with Crippen LogP contribution < -0.4 is 16.8 Å². The van der Waals surface area contributed by atoms with Crippen LogP contribution in [-0.2, 0) is 0 Å². The van der Waals surface area contributed by atoms with Gasteiger partial charge in [-0.2, -0.15) is 0 Å². The summed E-state index contributed by atoms with van der Waals surface area (Å²) in [6, 6.07) is 0.419. The topological polar surface area (TPSA) is 64.1 Å². The van der Waals surface area contributed by atoms with Gasteiger partial charge < -0.3 is 16.8 Å². The molecule has 0 aliphatic heterocycles. The molecule has 0 saturated heterocycles. The smallest absolute Gasteiger partial charge is 0.0198 e. The molecule has 0 fully saturated rings. The standard InChI is InChI=1S/C6H16BrN3/c7-2-1-6(5-9)10-4-3-8/h6,10H,1-5,8-9H2. The Morgan fingerprint density at radius 2 is 2.10 bits per heavy atom. The highest BCUT2D eigenvalue weighted by Gasteiger charge is 2.01. The van der Waals surface area contributed by atoms with Gasteiger partial charge in [0.05, 0.1) is 0 Å². The van der Waals surface area contributed by atoms with Crippen molar-refractivity contribution in [2.75, 3.05) is 25.0 Å². The third-order valence-electron chi connectivity index (χ3n) is 1.32. The van der Waals surface area contributed by atoms with Gasteiger partial charge in [-0.3, -0.25) is 0 Å². The molecule has 1 unspecified atom stereocenters. The summed E-state index contributed by atoms with van der Waals surface area (Å²) in [6.45, 7) is 2.22. The second kappa shape index (κ2) is 7.47. The van der Waals surface area contributed by atoms with E-state index in [4.69, 9.17) is 11.5 Å². The van der Waals surface area contributed by atoms with Crippen molar-refractivity contribution >= 4 is 15.9 Å². The van der Waals surface area contributed by atoms with Crippen LogP contribution in [0.25, 0.3) is 0 Å². The van der Waals surface area contributed by atoms with Crippen molar-refractivity contribution in [3.05, 3.63) is 0 Å². The number of hydrogen-bond acceptors (Lipinski definition) is 3. The normalized spacial score (nSPS) is 13.5. The summed E-state index contributed by atoms with van der Waals surface area (Å²) in [5, 5.41) is 4.23. The zero-order valence-corrected chi connectivity index (χ0v) is 7.73. The van der Waals surface area contributed by atoms with E-state index in [1.165, 1.54) is 0 Å². The minimum atomic E-state index is 0.419. The highest BCUT2D eigenvalue weighted by atomic mass is 79.9. The van der Waals surface area contributed by atoms with Crippen molar-refractivity contribution in [1.29, 1.82) is 0 Å². The monoisotopic (exact) mass is 209 g/mol. The highest BCUT2D eigenvalue weighted by molar-refractivity contribution is 9.09. The number of nitrogens with two attached hydrogens (primary N) is 2. The highest BCUT2D eigenvalue weighted by Crippen LogP contribution is 1.93. The Morgan fingerprint density at radius 3 is 2.50 bits per heavy atom. The molecule has 0 aromatic heterocycles. The number of alkyl halides is 1. The van der Waals surface area contributed by atoms with Crippen LogP contribution in [-0.4, -0.2) is 31.0 Å². The van der Waals surface area contributed by atoms with E-state index >= 15 is 0 Å². The summed E-state index contributed by atoms with van der Waals surface area (Å²) in [4.78, 5) is 0. The van der Waals surface area contributed by atoms with Gasteiger partial charge in [-0.05, 0) is 6.42 Å². The molecular weight excluding hydrogens is 194 g/mol. The molecule has 3 nitrogen and oxygen atoms in total. The van der Waals surface area contributed by atoms with Crippen LogP contribution in [0.5, 0.6) is 0 Å². The van der Waals surface area contributed by atoms with E-state index in [1.807, 2.05) is 0 Å². The number of nitrogens with one attached hydrogen (secondary N) is 1. The van der Waals surface area contributed by atoms with Crippen molar-refractivity contribution in [3.8, 4) is 0 Å². The number of rotatable bonds is 6. The average molecular weight is 210 g/mol. The molecule has 0 rings (SSSR count). The van der Waals surface area contributed by atoms with Crippen molar-refractivity contribution in [1.82, 2.24) is 5.32 Å². The molecular formula is C6H16BrN3. The molecule has 5 N–H and O–H groups in total. The molecule has 0 aliphatic carbocycles. The molecule has 10 heavy (non-hydrogen) atoms. The van der Waals surface area contributed by atoms with Crippen molar-refractivity contribution in [3.63, 3.8) is 0 Å². The maximum Gasteiger partial charge on any atom is 0.0198 e. The summed E-state index contributed by atoms with van der Waals surface area (Å²) >= 11 is 3.36. The van der Waals surface area contributed by atoms with Crippen LogP contribution in [0.4, 0.5) is 0 Å². The Morgan fingerprint density at radius 1 is 1.40 bits per heavy atom. The van der Waals surface area contributed by atoms with Crippen molar-refractivity contribution < 1.29 is 0 Å². The maximum atomic E-state index is 5.48. The molecule has 0 amide bonds. The third kappa shape index (κ3) is 5.17. The average Bonchev–Trinajstić information content (AvgIpc) is 1.98. The van der Waals surface area contributed by atoms with Gasteiger partial charge in [-0.1, -0.05) is 15.9 Å². The molecule has 1 atom stereocenters.